The van der Waals surface area contributed by atoms with E-state index in [2.05, 4.69) is 5.32 Å². The van der Waals surface area contributed by atoms with Crippen molar-refractivity contribution in [2.75, 3.05) is 17.4 Å². The van der Waals surface area contributed by atoms with Crippen molar-refractivity contribution in [2.24, 2.45) is 0 Å². The summed E-state index contributed by atoms with van der Waals surface area (Å²) in [4.78, 5) is 28.6. The molecule has 0 fully saturated rings. The van der Waals surface area contributed by atoms with Gasteiger partial charge in [-0.2, -0.15) is 0 Å². The van der Waals surface area contributed by atoms with Gasteiger partial charge in [0.05, 0.1) is 10.6 Å². The minimum Gasteiger partial charge on any atom is -0.457 e. The Morgan fingerprint density at radius 3 is 1.93 bits per heavy atom. The molecule has 4 aromatic rings. The van der Waals surface area contributed by atoms with Gasteiger partial charge in [0, 0.05) is 28.7 Å². The van der Waals surface area contributed by atoms with Gasteiger partial charge in [-0.25, -0.2) is 8.42 Å². The number of carbonyl (C=O) groups is 2. The van der Waals surface area contributed by atoms with Gasteiger partial charge in [-0.15, -0.1) is 0 Å². The first-order chi connectivity index (χ1) is 21.1. The molecule has 4 rings (SSSR count). The van der Waals surface area contributed by atoms with E-state index in [4.69, 9.17) is 27.9 Å². The van der Waals surface area contributed by atoms with Gasteiger partial charge in [0.15, 0.2) is 0 Å². The Bertz CT molecular complexity index is 1650. The highest BCUT2D eigenvalue weighted by Crippen LogP contribution is 2.30. The summed E-state index contributed by atoms with van der Waals surface area (Å²) in [6.45, 7) is 3.22. The second-order valence-corrected chi connectivity index (χ2v) is 12.5. The number of nitrogens with zero attached hydrogens (tertiary/aromatic N) is 2. The smallest absolute Gasteiger partial charge is 0.264 e. The van der Waals surface area contributed by atoms with Crippen LogP contribution >= 0.6 is 23.2 Å². The van der Waals surface area contributed by atoms with Gasteiger partial charge in [-0.1, -0.05) is 72.6 Å². The van der Waals surface area contributed by atoms with E-state index in [-0.39, 0.29) is 29.5 Å². The molecule has 8 nitrogen and oxygen atoms in total. The minimum absolute atomic E-state index is 0.00822. The van der Waals surface area contributed by atoms with E-state index in [9.17, 15) is 18.0 Å². The van der Waals surface area contributed by atoms with Gasteiger partial charge in [-0.3, -0.25) is 13.9 Å². The molecule has 1 N–H and O–H groups in total. The highest BCUT2D eigenvalue weighted by molar-refractivity contribution is 7.92. The van der Waals surface area contributed by atoms with Crippen LogP contribution in [0.5, 0.6) is 11.5 Å². The van der Waals surface area contributed by atoms with Gasteiger partial charge >= 0.3 is 0 Å². The second kappa shape index (κ2) is 15.1. The Morgan fingerprint density at radius 2 is 1.36 bits per heavy atom. The average molecular weight is 655 g/mol. The molecule has 0 radical (unpaired) electrons. The quantitative estimate of drug-likeness (QED) is 0.169. The van der Waals surface area contributed by atoms with Gasteiger partial charge in [0.1, 0.15) is 24.1 Å². The molecule has 0 aromatic heterocycles. The molecular formula is C33H33Cl2N3O5S. The van der Waals surface area contributed by atoms with Crippen LogP contribution in [0, 0.1) is 0 Å². The molecule has 0 bridgehead atoms. The maximum atomic E-state index is 14.2. The molecule has 0 aliphatic rings. The van der Waals surface area contributed by atoms with Crippen molar-refractivity contribution in [2.45, 2.75) is 37.8 Å². The van der Waals surface area contributed by atoms with Gasteiger partial charge < -0.3 is 15.0 Å². The number of benzene rings is 4. The van der Waals surface area contributed by atoms with Crippen LogP contribution in [0.1, 0.15) is 25.8 Å². The normalized spacial score (nSPS) is 11.8. The SMILES string of the molecule is CCNC(=O)C(CC)N(Cc1c(Cl)cccc1Cl)C(=O)CN(c1ccc(Oc2ccccc2)cc1)S(=O)(=O)c1ccccc1. The van der Waals surface area contributed by atoms with Crippen LogP contribution in [0.3, 0.4) is 0 Å². The van der Waals surface area contributed by atoms with E-state index in [1.165, 1.54) is 17.0 Å². The summed E-state index contributed by atoms with van der Waals surface area (Å²) in [6, 6.07) is 27.5. The number of amides is 2. The first-order valence-electron chi connectivity index (χ1n) is 14.1. The van der Waals surface area contributed by atoms with Crippen molar-refractivity contribution in [1.29, 1.82) is 0 Å². The number of halogens is 2. The molecule has 0 aliphatic carbocycles. The molecule has 2 amide bonds. The molecule has 0 saturated heterocycles. The molecule has 0 saturated carbocycles. The summed E-state index contributed by atoms with van der Waals surface area (Å²) >= 11 is 12.9. The lowest BCUT2D eigenvalue weighted by atomic mass is 10.1. The number of carbonyl (C=O) groups excluding carboxylic acids is 2. The van der Waals surface area contributed by atoms with Crippen LogP contribution in [0.4, 0.5) is 5.69 Å². The largest absolute Gasteiger partial charge is 0.457 e. The van der Waals surface area contributed by atoms with Crippen LogP contribution in [-0.4, -0.2) is 44.3 Å². The second-order valence-electron chi connectivity index (χ2n) is 9.77. The number of sulfonamides is 1. The fourth-order valence-electron chi connectivity index (χ4n) is 4.62. The fourth-order valence-corrected chi connectivity index (χ4v) is 6.57. The van der Waals surface area contributed by atoms with Crippen molar-refractivity contribution in [3.8, 4) is 11.5 Å². The molecular weight excluding hydrogens is 621 g/mol. The minimum atomic E-state index is -4.21. The van der Waals surface area contributed by atoms with Crippen molar-refractivity contribution in [3.05, 3.63) is 119 Å². The van der Waals surface area contributed by atoms with Crippen molar-refractivity contribution in [1.82, 2.24) is 10.2 Å². The zero-order valence-corrected chi connectivity index (χ0v) is 26.6. The van der Waals surface area contributed by atoms with Crippen LogP contribution in [0.25, 0.3) is 0 Å². The highest BCUT2D eigenvalue weighted by atomic mass is 35.5. The number of para-hydroxylation sites is 1. The third-order valence-electron chi connectivity index (χ3n) is 6.84. The lowest BCUT2D eigenvalue weighted by Crippen LogP contribution is -2.52. The third kappa shape index (κ3) is 7.91. The molecule has 230 valence electrons. The maximum absolute atomic E-state index is 14.2. The van der Waals surface area contributed by atoms with Crippen LogP contribution in [0.15, 0.2) is 108 Å². The summed E-state index contributed by atoms with van der Waals surface area (Å²) in [7, 11) is -4.21. The van der Waals surface area contributed by atoms with Crippen LogP contribution in [0.2, 0.25) is 10.0 Å². The summed E-state index contributed by atoms with van der Waals surface area (Å²) < 4.78 is 34.9. The van der Waals surface area contributed by atoms with Gasteiger partial charge in [0.2, 0.25) is 11.8 Å². The van der Waals surface area contributed by atoms with E-state index < -0.39 is 28.5 Å². The molecule has 0 spiro atoms. The number of rotatable bonds is 13. The van der Waals surface area contributed by atoms with Crippen molar-refractivity contribution in [3.63, 3.8) is 0 Å². The number of hydrogen-bond donors (Lipinski definition) is 1. The molecule has 11 heteroatoms. The lowest BCUT2D eigenvalue weighted by molar-refractivity contribution is -0.140. The summed E-state index contributed by atoms with van der Waals surface area (Å²) in [5.74, 6) is 0.129. The number of likely N-dealkylation sites (N-methyl/N-ethyl adjacent to an activating group) is 1. The van der Waals surface area contributed by atoms with Gasteiger partial charge in [-0.05, 0) is 74.0 Å². The fraction of sp³-hybridized carbons (Fsp3) is 0.212. The van der Waals surface area contributed by atoms with E-state index in [1.807, 2.05) is 18.2 Å². The monoisotopic (exact) mass is 653 g/mol. The number of anilines is 1. The van der Waals surface area contributed by atoms with Gasteiger partial charge in [0.25, 0.3) is 10.0 Å². The van der Waals surface area contributed by atoms with Crippen molar-refractivity contribution < 1.29 is 22.7 Å². The first-order valence-corrected chi connectivity index (χ1v) is 16.3. The number of nitrogens with one attached hydrogen (secondary N) is 1. The zero-order valence-electron chi connectivity index (χ0n) is 24.3. The molecule has 1 unspecified atom stereocenters. The molecule has 44 heavy (non-hydrogen) atoms. The lowest BCUT2D eigenvalue weighted by Gasteiger charge is -2.33. The zero-order chi connectivity index (χ0) is 31.7. The van der Waals surface area contributed by atoms with E-state index >= 15 is 0 Å². The van der Waals surface area contributed by atoms with E-state index in [1.54, 1.807) is 86.6 Å². The Labute approximate surface area is 268 Å². The van der Waals surface area contributed by atoms with Crippen molar-refractivity contribution >= 4 is 50.7 Å². The summed E-state index contributed by atoms with van der Waals surface area (Å²) in [5.41, 5.74) is 0.691. The first kappa shape index (κ1) is 32.9. The molecule has 0 aliphatic heterocycles. The summed E-state index contributed by atoms with van der Waals surface area (Å²) in [5, 5.41) is 3.42. The summed E-state index contributed by atoms with van der Waals surface area (Å²) in [6.07, 6.45) is 0.274. The Kier molecular flexibility index (Phi) is 11.3. The predicted molar refractivity (Wildman–Crippen MR) is 174 cm³/mol. The Balaban J connectivity index is 1.74. The Hall–Kier alpha value is -4.05. The van der Waals surface area contributed by atoms with E-state index in [0.29, 0.717) is 33.7 Å². The predicted octanol–water partition coefficient (Wildman–Crippen LogP) is 6.92. The molecule has 0 heterocycles. The topological polar surface area (TPSA) is 96.0 Å². The maximum Gasteiger partial charge on any atom is 0.264 e. The molecule has 4 aromatic carbocycles. The Morgan fingerprint density at radius 1 is 0.795 bits per heavy atom. The van der Waals surface area contributed by atoms with E-state index in [0.717, 1.165) is 4.31 Å². The standard InChI is InChI=1S/C33H33Cl2N3O5S/c1-3-31(33(40)36-4-2)37(22-28-29(34)16-11-17-30(28)35)32(39)23-38(44(41,42)27-14-9-6-10-15-27)24-18-20-26(21-19-24)43-25-12-7-5-8-13-25/h5-21,31H,3-4,22-23H2,1-2H3,(H,36,40). The average Bonchev–Trinajstić information content (AvgIpc) is 3.02. The number of ether oxygens (including phenoxy) is 1. The third-order valence-corrected chi connectivity index (χ3v) is 9.34. The molecule has 1 atom stereocenters. The highest BCUT2D eigenvalue weighted by Gasteiger charge is 2.34. The number of hydrogen-bond acceptors (Lipinski definition) is 5. The van der Waals surface area contributed by atoms with Crippen LogP contribution in [-0.2, 0) is 26.2 Å². The van der Waals surface area contributed by atoms with Crippen LogP contribution < -0.4 is 14.4 Å².